The lowest BCUT2D eigenvalue weighted by Crippen LogP contribution is -2.52. The Kier molecular flexibility index (Phi) is 5.76. The van der Waals surface area contributed by atoms with E-state index < -0.39 is 0 Å². The standard InChI is InChI=1S/C15H22N2O3S/c1-11(10-18)9-16-14(19)12-5-2-3-7-17(12)15(20)13-6-4-8-21-13/h4,6,8,11-12,18H,2-3,5,7,9-10H2,1H3,(H,16,19). The highest BCUT2D eigenvalue weighted by atomic mass is 32.1. The average molecular weight is 310 g/mol. The fourth-order valence-electron chi connectivity index (χ4n) is 2.45. The Labute approximate surface area is 129 Å². The quantitative estimate of drug-likeness (QED) is 0.865. The first-order chi connectivity index (χ1) is 10.1. The van der Waals surface area contributed by atoms with Crippen LogP contribution >= 0.6 is 11.3 Å². The smallest absolute Gasteiger partial charge is 0.264 e. The molecule has 116 valence electrons. The number of rotatable bonds is 5. The molecule has 0 spiro atoms. The number of hydrogen-bond acceptors (Lipinski definition) is 4. The van der Waals surface area contributed by atoms with Crippen LogP contribution in [-0.4, -0.2) is 47.6 Å². The van der Waals surface area contributed by atoms with Crippen molar-refractivity contribution in [1.29, 1.82) is 0 Å². The van der Waals surface area contributed by atoms with Gasteiger partial charge in [0.1, 0.15) is 6.04 Å². The van der Waals surface area contributed by atoms with Gasteiger partial charge in [0.2, 0.25) is 5.91 Å². The van der Waals surface area contributed by atoms with Crippen LogP contribution in [0.5, 0.6) is 0 Å². The molecule has 1 aromatic heterocycles. The molecule has 0 aromatic carbocycles. The third-order valence-corrected chi connectivity index (χ3v) is 4.59. The maximum absolute atomic E-state index is 12.5. The van der Waals surface area contributed by atoms with Crippen molar-refractivity contribution in [3.05, 3.63) is 22.4 Å². The van der Waals surface area contributed by atoms with Gasteiger partial charge in [0.05, 0.1) is 4.88 Å². The maximum atomic E-state index is 12.5. The lowest BCUT2D eigenvalue weighted by molar-refractivity contribution is -0.126. The molecule has 1 fully saturated rings. The molecule has 1 saturated heterocycles. The summed E-state index contributed by atoms with van der Waals surface area (Å²) in [5.74, 6) is -0.140. The molecule has 2 heterocycles. The number of aliphatic hydroxyl groups excluding tert-OH is 1. The number of thiophene rings is 1. The van der Waals surface area contributed by atoms with Crippen LogP contribution in [0.25, 0.3) is 0 Å². The molecule has 2 amide bonds. The van der Waals surface area contributed by atoms with Gasteiger partial charge in [-0.1, -0.05) is 13.0 Å². The molecule has 0 bridgehead atoms. The second-order valence-corrected chi connectivity index (χ2v) is 6.47. The number of nitrogens with zero attached hydrogens (tertiary/aromatic N) is 1. The molecular formula is C15H22N2O3S. The van der Waals surface area contributed by atoms with E-state index in [1.54, 1.807) is 11.0 Å². The molecule has 0 radical (unpaired) electrons. The zero-order chi connectivity index (χ0) is 15.2. The molecule has 1 aliphatic heterocycles. The van der Waals surface area contributed by atoms with Gasteiger partial charge in [-0.25, -0.2) is 0 Å². The Bertz CT molecular complexity index is 475. The van der Waals surface area contributed by atoms with Crippen molar-refractivity contribution in [2.45, 2.75) is 32.2 Å². The lowest BCUT2D eigenvalue weighted by atomic mass is 10.0. The van der Waals surface area contributed by atoms with Crippen LogP contribution in [0.1, 0.15) is 35.9 Å². The molecule has 2 rings (SSSR count). The van der Waals surface area contributed by atoms with E-state index in [1.807, 2.05) is 18.4 Å². The first kappa shape index (κ1) is 16.0. The van der Waals surface area contributed by atoms with Crippen LogP contribution < -0.4 is 5.32 Å². The predicted octanol–water partition coefficient (Wildman–Crippen LogP) is 1.49. The van der Waals surface area contributed by atoms with Crippen molar-refractivity contribution < 1.29 is 14.7 Å². The van der Waals surface area contributed by atoms with E-state index in [4.69, 9.17) is 5.11 Å². The summed E-state index contributed by atoms with van der Waals surface area (Å²) in [6, 6.07) is 3.25. The Balaban J connectivity index is 2.01. The molecule has 5 nitrogen and oxygen atoms in total. The Morgan fingerprint density at radius 2 is 2.33 bits per heavy atom. The number of amides is 2. The molecular weight excluding hydrogens is 288 g/mol. The predicted molar refractivity (Wildman–Crippen MR) is 82.3 cm³/mol. The van der Waals surface area contributed by atoms with Gasteiger partial charge >= 0.3 is 0 Å². The highest BCUT2D eigenvalue weighted by molar-refractivity contribution is 7.12. The number of likely N-dealkylation sites (tertiary alicyclic amines) is 1. The number of nitrogens with one attached hydrogen (secondary N) is 1. The molecule has 1 aromatic rings. The van der Waals surface area contributed by atoms with E-state index >= 15 is 0 Å². The van der Waals surface area contributed by atoms with Gasteiger partial charge in [0.15, 0.2) is 0 Å². The minimum Gasteiger partial charge on any atom is -0.396 e. The van der Waals surface area contributed by atoms with E-state index in [1.165, 1.54) is 11.3 Å². The van der Waals surface area contributed by atoms with Crippen LogP contribution in [0.4, 0.5) is 0 Å². The van der Waals surface area contributed by atoms with Crippen LogP contribution in [0.3, 0.4) is 0 Å². The van der Waals surface area contributed by atoms with Gasteiger partial charge in [0.25, 0.3) is 5.91 Å². The number of aliphatic hydroxyl groups is 1. The van der Waals surface area contributed by atoms with E-state index in [0.717, 1.165) is 12.8 Å². The minimum absolute atomic E-state index is 0.0268. The van der Waals surface area contributed by atoms with Gasteiger partial charge in [-0.3, -0.25) is 9.59 Å². The third kappa shape index (κ3) is 4.04. The molecule has 2 atom stereocenters. The highest BCUT2D eigenvalue weighted by Gasteiger charge is 2.32. The van der Waals surface area contributed by atoms with Crippen molar-refractivity contribution in [2.24, 2.45) is 5.92 Å². The molecule has 6 heteroatoms. The summed E-state index contributed by atoms with van der Waals surface area (Å²) in [6.07, 6.45) is 2.60. The topological polar surface area (TPSA) is 69.6 Å². The summed E-state index contributed by atoms with van der Waals surface area (Å²) in [7, 11) is 0. The lowest BCUT2D eigenvalue weighted by Gasteiger charge is -2.34. The van der Waals surface area contributed by atoms with E-state index in [2.05, 4.69) is 5.32 Å². The number of carbonyl (C=O) groups is 2. The summed E-state index contributed by atoms with van der Waals surface area (Å²) in [4.78, 5) is 27.2. The molecule has 21 heavy (non-hydrogen) atoms. The molecule has 2 N–H and O–H groups in total. The third-order valence-electron chi connectivity index (χ3n) is 3.73. The summed E-state index contributed by atoms with van der Waals surface area (Å²) in [6.45, 7) is 2.98. The van der Waals surface area contributed by atoms with E-state index in [9.17, 15) is 9.59 Å². The van der Waals surface area contributed by atoms with Crippen molar-refractivity contribution >= 4 is 23.2 Å². The number of piperidine rings is 1. The molecule has 2 unspecified atom stereocenters. The fourth-order valence-corrected chi connectivity index (χ4v) is 3.13. The van der Waals surface area contributed by atoms with Crippen LogP contribution in [0, 0.1) is 5.92 Å². The number of carbonyl (C=O) groups excluding carboxylic acids is 2. The molecule has 1 aliphatic rings. The second kappa shape index (κ2) is 7.56. The van der Waals surface area contributed by atoms with Crippen molar-refractivity contribution in [1.82, 2.24) is 10.2 Å². The van der Waals surface area contributed by atoms with Crippen LogP contribution in [0.15, 0.2) is 17.5 Å². The monoisotopic (exact) mass is 310 g/mol. The van der Waals surface area contributed by atoms with Gasteiger partial charge in [-0.15, -0.1) is 11.3 Å². The Morgan fingerprint density at radius 1 is 1.52 bits per heavy atom. The van der Waals surface area contributed by atoms with Crippen LogP contribution in [-0.2, 0) is 4.79 Å². The van der Waals surface area contributed by atoms with Crippen LogP contribution in [0.2, 0.25) is 0 Å². The first-order valence-corrected chi connectivity index (χ1v) is 8.24. The molecule has 0 saturated carbocycles. The van der Waals surface area contributed by atoms with Gasteiger partial charge in [0, 0.05) is 19.7 Å². The van der Waals surface area contributed by atoms with Crippen molar-refractivity contribution in [3.8, 4) is 0 Å². The zero-order valence-electron chi connectivity index (χ0n) is 12.2. The first-order valence-electron chi connectivity index (χ1n) is 7.36. The highest BCUT2D eigenvalue weighted by Crippen LogP contribution is 2.21. The summed E-state index contributed by atoms with van der Waals surface area (Å²) in [5.41, 5.74) is 0. The van der Waals surface area contributed by atoms with Gasteiger partial charge in [-0.2, -0.15) is 0 Å². The average Bonchev–Trinajstić information content (AvgIpc) is 3.05. The van der Waals surface area contributed by atoms with Gasteiger partial charge < -0.3 is 15.3 Å². The summed E-state index contributed by atoms with van der Waals surface area (Å²) < 4.78 is 0. The zero-order valence-corrected chi connectivity index (χ0v) is 13.1. The number of hydrogen-bond donors (Lipinski definition) is 2. The largest absolute Gasteiger partial charge is 0.396 e. The summed E-state index contributed by atoms with van der Waals surface area (Å²) in [5, 5.41) is 13.7. The SMILES string of the molecule is CC(CO)CNC(=O)C1CCCCN1C(=O)c1cccs1. The van der Waals surface area contributed by atoms with Gasteiger partial charge in [-0.05, 0) is 36.6 Å². The Hall–Kier alpha value is -1.40. The normalized spacial score (nSPS) is 20.1. The second-order valence-electron chi connectivity index (χ2n) is 5.52. The van der Waals surface area contributed by atoms with Crippen molar-refractivity contribution in [2.75, 3.05) is 19.7 Å². The Morgan fingerprint density at radius 3 is 3.00 bits per heavy atom. The maximum Gasteiger partial charge on any atom is 0.264 e. The van der Waals surface area contributed by atoms with Crippen molar-refractivity contribution in [3.63, 3.8) is 0 Å². The summed E-state index contributed by atoms with van der Waals surface area (Å²) >= 11 is 1.40. The van der Waals surface area contributed by atoms with E-state index in [0.29, 0.717) is 24.4 Å². The minimum atomic E-state index is -0.390. The van der Waals surface area contributed by atoms with E-state index in [-0.39, 0.29) is 30.4 Å². The molecule has 0 aliphatic carbocycles. The fraction of sp³-hybridized carbons (Fsp3) is 0.600.